The zero-order chi connectivity index (χ0) is 21.0. The van der Waals surface area contributed by atoms with Gasteiger partial charge in [0.1, 0.15) is 5.82 Å². The molecule has 1 N–H and O–H groups in total. The highest BCUT2D eigenvalue weighted by Crippen LogP contribution is 2.24. The first kappa shape index (κ1) is 21.3. The number of amides is 1. The molecule has 3 rings (SSSR count). The van der Waals surface area contributed by atoms with Crippen LogP contribution in [0.1, 0.15) is 24.0 Å². The molecule has 156 valence electrons. The van der Waals surface area contributed by atoms with Crippen LogP contribution in [0.15, 0.2) is 48.5 Å². The van der Waals surface area contributed by atoms with Gasteiger partial charge in [0, 0.05) is 26.7 Å². The van der Waals surface area contributed by atoms with Gasteiger partial charge in [-0.25, -0.2) is 4.39 Å². The lowest BCUT2D eigenvalue weighted by Gasteiger charge is -2.34. The number of benzene rings is 2. The molecule has 1 fully saturated rings. The zero-order valence-corrected chi connectivity index (χ0v) is 17.5. The number of rotatable bonds is 6. The second kappa shape index (κ2) is 8.92. The van der Waals surface area contributed by atoms with E-state index in [-0.39, 0.29) is 12.5 Å². The third-order valence-corrected chi connectivity index (χ3v) is 7.09. The standard InChI is InChI=1S/C21H26FN3O3S/c1-16-5-7-17(8-6-16)14-23-21(26)18-4-3-13-25(15-18)29(27,28)24(2)20-11-9-19(22)10-12-20/h5-12,18H,3-4,13-15H2,1-2H3,(H,23,26). The molecule has 0 radical (unpaired) electrons. The molecule has 8 heteroatoms. The van der Waals surface area contributed by atoms with Gasteiger partial charge in [0.25, 0.3) is 0 Å². The van der Waals surface area contributed by atoms with Gasteiger partial charge in [-0.3, -0.25) is 9.10 Å². The molecule has 1 aliphatic heterocycles. The quantitative estimate of drug-likeness (QED) is 0.783. The van der Waals surface area contributed by atoms with E-state index in [0.29, 0.717) is 31.6 Å². The Morgan fingerprint density at radius 2 is 1.83 bits per heavy atom. The molecule has 0 saturated carbocycles. The maximum absolute atomic E-state index is 13.1. The minimum Gasteiger partial charge on any atom is -0.352 e. The van der Waals surface area contributed by atoms with Crippen molar-refractivity contribution in [3.8, 4) is 0 Å². The lowest BCUT2D eigenvalue weighted by molar-refractivity contribution is -0.126. The maximum Gasteiger partial charge on any atom is 0.303 e. The van der Waals surface area contributed by atoms with Crippen molar-refractivity contribution in [2.24, 2.45) is 5.92 Å². The molecule has 0 aliphatic carbocycles. The third kappa shape index (κ3) is 5.13. The first-order chi connectivity index (χ1) is 13.8. The van der Waals surface area contributed by atoms with Crippen molar-refractivity contribution in [2.45, 2.75) is 26.3 Å². The summed E-state index contributed by atoms with van der Waals surface area (Å²) in [6, 6.07) is 13.2. The minimum atomic E-state index is -3.80. The molecular weight excluding hydrogens is 393 g/mol. The van der Waals surface area contributed by atoms with Crippen LogP contribution in [0, 0.1) is 18.7 Å². The smallest absolute Gasteiger partial charge is 0.303 e. The van der Waals surface area contributed by atoms with E-state index < -0.39 is 21.9 Å². The van der Waals surface area contributed by atoms with E-state index in [0.717, 1.165) is 15.4 Å². The number of carbonyl (C=O) groups is 1. The van der Waals surface area contributed by atoms with Gasteiger partial charge < -0.3 is 5.32 Å². The van der Waals surface area contributed by atoms with Crippen LogP contribution in [-0.2, 0) is 21.5 Å². The van der Waals surface area contributed by atoms with Gasteiger partial charge in [-0.2, -0.15) is 12.7 Å². The summed E-state index contributed by atoms with van der Waals surface area (Å²) >= 11 is 0. The SMILES string of the molecule is Cc1ccc(CNC(=O)C2CCCN(S(=O)(=O)N(C)c3ccc(F)cc3)C2)cc1. The Kier molecular flexibility index (Phi) is 6.54. The Morgan fingerprint density at radius 3 is 2.48 bits per heavy atom. The molecule has 0 bridgehead atoms. The van der Waals surface area contributed by atoms with E-state index in [1.807, 2.05) is 31.2 Å². The van der Waals surface area contributed by atoms with Crippen LogP contribution in [0.25, 0.3) is 0 Å². The highest BCUT2D eigenvalue weighted by atomic mass is 32.2. The lowest BCUT2D eigenvalue weighted by atomic mass is 9.98. The molecule has 6 nitrogen and oxygen atoms in total. The normalized spacial score (nSPS) is 17.7. The van der Waals surface area contributed by atoms with E-state index in [9.17, 15) is 17.6 Å². The molecule has 1 amide bonds. The summed E-state index contributed by atoms with van der Waals surface area (Å²) < 4.78 is 41.5. The Hall–Kier alpha value is -2.45. The monoisotopic (exact) mass is 419 g/mol. The summed E-state index contributed by atoms with van der Waals surface area (Å²) in [5, 5.41) is 2.91. The average molecular weight is 420 g/mol. The van der Waals surface area contributed by atoms with Gasteiger partial charge in [-0.05, 0) is 49.6 Å². The van der Waals surface area contributed by atoms with Crippen LogP contribution in [0.3, 0.4) is 0 Å². The summed E-state index contributed by atoms with van der Waals surface area (Å²) in [5.74, 6) is -0.969. The van der Waals surface area contributed by atoms with E-state index in [1.54, 1.807) is 0 Å². The second-order valence-corrected chi connectivity index (χ2v) is 9.31. The van der Waals surface area contributed by atoms with Gasteiger partial charge in [0.05, 0.1) is 11.6 Å². The Labute approximate surface area is 171 Å². The minimum absolute atomic E-state index is 0.133. The second-order valence-electron chi connectivity index (χ2n) is 7.35. The van der Waals surface area contributed by atoms with Crippen molar-refractivity contribution >= 4 is 21.8 Å². The first-order valence-electron chi connectivity index (χ1n) is 9.60. The fraction of sp³-hybridized carbons (Fsp3) is 0.381. The van der Waals surface area contributed by atoms with Crippen molar-refractivity contribution < 1.29 is 17.6 Å². The van der Waals surface area contributed by atoms with Crippen molar-refractivity contribution in [2.75, 3.05) is 24.4 Å². The summed E-state index contributed by atoms with van der Waals surface area (Å²) in [6.07, 6.45) is 1.26. The van der Waals surface area contributed by atoms with Crippen molar-refractivity contribution in [1.82, 2.24) is 9.62 Å². The van der Waals surface area contributed by atoms with Crippen LogP contribution in [0.4, 0.5) is 10.1 Å². The zero-order valence-electron chi connectivity index (χ0n) is 16.6. The number of aryl methyl sites for hydroxylation is 1. The number of hydrogen-bond donors (Lipinski definition) is 1. The average Bonchev–Trinajstić information content (AvgIpc) is 2.73. The molecule has 1 aliphatic rings. The number of hydrogen-bond acceptors (Lipinski definition) is 3. The molecular formula is C21H26FN3O3S. The number of carbonyl (C=O) groups excluding carboxylic acids is 1. The molecule has 2 aromatic rings. The van der Waals surface area contributed by atoms with E-state index in [4.69, 9.17) is 0 Å². The highest BCUT2D eigenvalue weighted by molar-refractivity contribution is 7.90. The van der Waals surface area contributed by atoms with Crippen LogP contribution < -0.4 is 9.62 Å². The molecule has 1 unspecified atom stereocenters. The molecule has 0 aromatic heterocycles. The van der Waals surface area contributed by atoms with E-state index >= 15 is 0 Å². The predicted octanol–water partition coefficient (Wildman–Crippen LogP) is 2.84. The fourth-order valence-electron chi connectivity index (χ4n) is 3.36. The summed E-state index contributed by atoms with van der Waals surface area (Å²) in [7, 11) is -2.37. The van der Waals surface area contributed by atoms with Gasteiger partial charge in [0.15, 0.2) is 0 Å². The van der Waals surface area contributed by atoms with Crippen LogP contribution >= 0.6 is 0 Å². The first-order valence-corrected chi connectivity index (χ1v) is 11.0. The van der Waals surface area contributed by atoms with Gasteiger partial charge in [-0.15, -0.1) is 0 Å². The molecule has 2 aromatic carbocycles. The third-order valence-electron chi connectivity index (χ3n) is 5.20. The maximum atomic E-state index is 13.1. The number of anilines is 1. The number of nitrogens with one attached hydrogen (secondary N) is 1. The molecule has 1 saturated heterocycles. The van der Waals surface area contributed by atoms with Gasteiger partial charge in [-0.1, -0.05) is 29.8 Å². The van der Waals surface area contributed by atoms with Crippen molar-refractivity contribution in [3.63, 3.8) is 0 Å². The van der Waals surface area contributed by atoms with Gasteiger partial charge >= 0.3 is 10.2 Å². The van der Waals surface area contributed by atoms with Crippen molar-refractivity contribution in [1.29, 1.82) is 0 Å². The molecule has 1 heterocycles. The van der Waals surface area contributed by atoms with Gasteiger partial charge in [0.2, 0.25) is 5.91 Å². The number of halogens is 1. The molecule has 29 heavy (non-hydrogen) atoms. The fourth-order valence-corrected chi connectivity index (χ4v) is 4.83. The van der Waals surface area contributed by atoms with E-state index in [1.165, 1.54) is 35.6 Å². The van der Waals surface area contributed by atoms with Crippen molar-refractivity contribution in [3.05, 3.63) is 65.5 Å². The van der Waals surface area contributed by atoms with Crippen LogP contribution in [0.5, 0.6) is 0 Å². The predicted molar refractivity (Wildman–Crippen MR) is 111 cm³/mol. The lowest BCUT2D eigenvalue weighted by Crippen LogP contribution is -2.49. The number of nitrogens with zero attached hydrogens (tertiary/aromatic N) is 2. The molecule has 0 spiro atoms. The topological polar surface area (TPSA) is 69.7 Å². The van der Waals surface area contributed by atoms with Crippen LogP contribution in [-0.4, -0.2) is 38.8 Å². The van der Waals surface area contributed by atoms with E-state index in [2.05, 4.69) is 5.32 Å². The summed E-state index contributed by atoms with van der Waals surface area (Å²) in [4.78, 5) is 12.6. The van der Waals surface area contributed by atoms with Crippen LogP contribution in [0.2, 0.25) is 0 Å². The summed E-state index contributed by atoms with van der Waals surface area (Å²) in [6.45, 7) is 2.91. The Morgan fingerprint density at radius 1 is 1.17 bits per heavy atom. The highest BCUT2D eigenvalue weighted by Gasteiger charge is 2.34. The summed E-state index contributed by atoms with van der Waals surface area (Å²) in [5.41, 5.74) is 2.52. The molecule has 1 atom stereocenters. The Balaban J connectivity index is 1.63. The number of piperidine rings is 1. The largest absolute Gasteiger partial charge is 0.352 e. The Bertz CT molecular complexity index is 946.